The molecule has 0 aliphatic heterocycles. The van der Waals surface area contributed by atoms with Gasteiger partial charge in [0.2, 0.25) is 5.88 Å². The van der Waals surface area contributed by atoms with E-state index in [9.17, 15) is 0 Å². The molecule has 1 aromatic rings. The maximum absolute atomic E-state index is 5.73. The van der Waals surface area contributed by atoms with Crippen LogP contribution in [0.4, 0.5) is 5.69 Å². The Labute approximate surface area is 111 Å². The molecule has 0 aromatic carbocycles. The fraction of sp³-hybridized carbons (Fsp3) is 0.667. The molecule has 0 fully saturated rings. The molecule has 1 N–H and O–H groups in total. The van der Waals surface area contributed by atoms with E-state index in [0.717, 1.165) is 5.69 Å². The van der Waals surface area contributed by atoms with E-state index in [4.69, 9.17) is 4.74 Å². The number of anilines is 1. The minimum atomic E-state index is 0.149. The average Bonchev–Trinajstić information content (AvgIpc) is 2.31. The zero-order chi connectivity index (χ0) is 13.4. The standard InChI is InChI=1S/C15H26N2O/c1-5-8-13(9-6-2)17-14-10-7-11-16-15(14)18-12(3)4/h7,10-13,17H,5-6,8-9H2,1-4H3. The van der Waals surface area contributed by atoms with Crippen LogP contribution in [0.5, 0.6) is 5.88 Å². The Balaban J connectivity index is 2.74. The molecular weight excluding hydrogens is 224 g/mol. The van der Waals surface area contributed by atoms with Crippen LogP contribution >= 0.6 is 0 Å². The normalized spacial score (nSPS) is 11.0. The highest BCUT2D eigenvalue weighted by Gasteiger charge is 2.11. The Kier molecular flexibility index (Phi) is 6.55. The van der Waals surface area contributed by atoms with E-state index in [-0.39, 0.29) is 6.10 Å². The third-order valence-corrected chi connectivity index (χ3v) is 2.75. The average molecular weight is 250 g/mol. The number of hydrogen-bond donors (Lipinski definition) is 1. The van der Waals surface area contributed by atoms with Gasteiger partial charge in [-0.25, -0.2) is 4.98 Å². The molecule has 0 atom stereocenters. The van der Waals surface area contributed by atoms with Crippen LogP contribution in [0.1, 0.15) is 53.4 Å². The Bertz CT molecular complexity index is 333. The molecule has 0 aliphatic carbocycles. The van der Waals surface area contributed by atoms with Crippen molar-refractivity contribution in [2.45, 2.75) is 65.5 Å². The molecule has 0 saturated heterocycles. The first-order valence-corrected chi connectivity index (χ1v) is 7.05. The molecule has 1 aromatic heterocycles. The van der Waals surface area contributed by atoms with Gasteiger partial charge in [0.15, 0.2) is 0 Å². The smallest absolute Gasteiger partial charge is 0.237 e. The summed E-state index contributed by atoms with van der Waals surface area (Å²) in [7, 11) is 0. The Hall–Kier alpha value is -1.25. The monoisotopic (exact) mass is 250 g/mol. The predicted octanol–water partition coefficient (Wildman–Crippen LogP) is 4.25. The summed E-state index contributed by atoms with van der Waals surface area (Å²) >= 11 is 0. The van der Waals surface area contributed by atoms with Crippen molar-refractivity contribution in [3.63, 3.8) is 0 Å². The number of pyridine rings is 1. The van der Waals surface area contributed by atoms with Crippen LogP contribution in [0.15, 0.2) is 18.3 Å². The Morgan fingerprint density at radius 1 is 1.22 bits per heavy atom. The van der Waals surface area contributed by atoms with Crippen LogP contribution in [0.3, 0.4) is 0 Å². The maximum Gasteiger partial charge on any atom is 0.237 e. The number of nitrogens with zero attached hydrogens (tertiary/aromatic N) is 1. The van der Waals surface area contributed by atoms with E-state index in [0.29, 0.717) is 11.9 Å². The van der Waals surface area contributed by atoms with E-state index in [1.807, 2.05) is 26.0 Å². The van der Waals surface area contributed by atoms with Gasteiger partial charge in [0.05, 0.1) is 11.8 Å². The summed E-state index contributed by atoms with van der Waals surface area (Å²) in [5.74, 6) is 0.713. The number of hydrogen-bond acceptors (Lipinski definition) is 3. The molecule has 18 heavy (non-hydrogen) atoms. The summed E-state index contributed by atoms with van der Waals surface area (Å²) in [5, 5.41) is 3.57. The second-order valence-electron chi connectivity index (χ2n) is 4.94. The molecular formula is C15H26N2O. The maximum atomic E-state index is 5.73. The van der Waals surface area contributed by atoms with Gasteiger partial charge in [0, 0.05) is 12.2 Å². The topological polar surface area (TPSA) is 34.2 Å². The minimum absolute atomic E-state index is 0.149. The molecule has 0 radical (unpaired) electrons. The quantitative estimate of drug-likeness (QED) is 0.749. The van der Waals surface area contributed by atoms with Crippen LogP contribution in [0.2, 0.25) is 0 Å². The SMILES string of the molecule is CCCC(CCC)Nc1cccnc1OC(C)C. The van der Waals surface area contributed by atoms with Gasteiger partial charge in [-0.1, -0.05) is 26.7 Å². The molecule has 0 bridgehead atoms. The zero-order valence-electron chi connectivity index (χ0n) is 12.1. The molecule has 102 valence electrons. The third-order valence-electron chi connectivity index (χ3n) is 2.75. The Morgan fingerprint density at radius 2 is 1.89 bits per heavy atom. The highest BCUT2D eigenvalue weighted by Crippen LogP contribution is 2.24. The number of aromatic nitrogens is 1. The molecule has 0 amide bonds. The fourth-order valence-electron chi connectivity index (χ4n) is 2.02. The van der Waals surface area contributed by atoms with Crippen molar-refractivity contribution in [2.75, 3.05) is 5.32 Å². The summed E-state index contributed by atoms with van der Waals surface area (Å²) < 4.78 is 5.73. The van der Waals surface area contributed by atoms with E-state index < -0.39 is 0 Å². The molecule has 3 nitrogen and oxygen atoms in total. The summed E-state index contributed by atoms with van der Waals surface area (Å²) in [5.41, 5.74) is 1.01. The second kappa shape index (κ2) is 7.96. The van der Waals surface area contributed by atoms with Crippen molar-refractivity contribution in [2.24, 2.45) is 0 Å². The number of nitrogens with one attached hydrogen (secondary N) is 1. The fourth-order valence-corrected chi connectivity index (χ4v) is 2.02. The van der Waals surface area contributed by atoms with Gasteiger partial charge in [-0.15, -0.1) is 0 Å². The summed E-state index contributed by atoms with van der Waals surface area (Å²) in [6, 6.07) is 4.51. The van der Waals surface area contributed by atoms with E-state index in [1.165, 1.54) is 25.7 Å². The van der Waals surface area contributed by atoms with Gasteiger partial charge in [-0.2, -0.15) is 0 Å². The van der Waals surface area contributed by atoms with Gasteiger partial charge in [0.1, 0.15) is 0 Å². The Morgan fingerprint density at radius 3 is 2.44 bits per heavy atom. The first kappa shape index (κ1) is 14.8. The molecule has 0 unspecified atom stereocenters. The summed E-state index contributed by atoms with van der Waals surface area (Å²) in [4.78, 5) is 4.31. The van der Waals surface area contributed by atoms with Gasteiger partial charge in [0.25, 0.3) is 0 Å². The van der Waals surface area contributed by atoms with Crippen LogP contribution in [-0.4, -0.2) is 17.1 Å². The number of ether oxygens (including phenoxy) is 1. The van der Waals surface area contributed by atoms with Crippen LogP contribution in [0.25, 0.3) is 0 Å². The predicted molar refractivity (Wildman–Crippen MR) is 77.2 cm³/mol. The first-order chi connectivity index (χ1) is 8.67. The molecule has 1 rings (SSSR count). The van der Waals surface area contributed by atoms with Crippen LogP contribution in [-0.2, 0) is 0 Å². The lowest BCUT2D eigenvalue weighted by Gasteiger charge is -2.21. The van der Waals surface area contributed by atoms with Crippen molar-refractivity contribution >= 4 is 5.69 Å². The van der Waals surface area contributed by atoms with Crippen molar-refractivity contribution in [1.82, 2.24) is 4.98 Å². The lowest BCUT2D eigenvalue weighted by Crippen LogP contribution is -2.20. The van der Waals surface area contributed by atoms with Crippen molar-refractivity contribution in [3.8, 4) is 5.88 Å². The third kappa shape index (κ3) is 4.94. The second-order valence-corrected chi connectivity index (χ2v) is 4.94. The summed E-state index contributed by atoms with van der Waals surface area (Å²) in [6.45, 7) is 8.49. The van der Waals surface area contributed by atoms with E-state index >= 15 is 0 Å². The van der Waals surface area contributed by atoms with Crippen LogP contribution < -0.4 is 10.1 Å². The molecule has 0 aliphatic rings. The van der Waals surface area contributed by atoms with Gasteiger partial charge in [-0.05, 0) is 38.8 Å². The molecule has 3 heteroatoms. The highest BCUT2D eigenvalue weighted by molar-refractivity contribution is 5.52. The minimum Gasteiger partial charge on any atom is -0.473 e. The zero-order valence-corrected chi connectivity index (χ0v) is 12.1. The van der Waals surface area contributed by atoms with Crippen LogP contribution in [0, 0.1) is 0 Å². The first-order valence-electron chi connectivity index (χ1n) is 7.05. The molecule has 0 saturated carbocycles. The molecule has 0 spiro atoms. The van der Waals surface area contributed by atoms with Crippen molar-refractivity contribution in [3.05, 3.63) is 18.3 Å². The van der Waals surface area contributed by atoms with Gasteiger partial charge < -0.3 is 10.1 Å². The summed E-state index contributed by atoms with van der Waals surface area (Å²) in [6.07, 6.45) is 6.68. The van der Waals surface area contributed by atoms with Crippen molar-refractivity contribution in [1.29, 1.82) is 0 Å². The van der Waals surface area contributed by atoms with E-state index in [2.05, 4.69) is 24.1 Å². The lowest BCUT2D eigenvalue weighted by molar-refractivity contribution is 0.233. The molecule has 1 heterocycles. The largest absolute Gasteiger partial charge is 0.473 e. The number of rotatable bonds is 8. The van der Waals surface area contributed by atoms with Gasteiger partial charge >= 0.3 is 0 Å². The van der Waals surface area contributed by atoms with E-state index in [1.54, 1.807) is 6.20 Å². The van der Waals surface area contributed by atoms with Crippen molar-refractivity contribution < 1.29 is 4.74 Å². The van der Waals surface area contributed by atoms with Gasteiger partial charge in [-0.3, -0.25) is 0 Å². The lowest BCUT2D eigenvalue weighted by atomic mass is 10.1. The highest BCUT2D eigenvalue weighted by atomic mass is 16.5.